The summed E-state index contributed by atoms with van der Waals surface area (Å²) in [6.45, 7) is 2.38. The van der Waals surface area contributed by atoms with Crippen molar-refractivity contribution in [1.82, 2.24) is 0 Å². The van der Waals surface area contributed by atoms with Crippen molar-refractivity contribution in [3.8, 4) is 0 Å². The molecule has 2 atom stereocenters. The minimum atomic E-state index is -0.501. The fourth-order valence-electron chi connectivity index (χ4n) is 0.901. The molecule has 3 N–H and O–H groups in total. The molecule has 0 spiro atoms. The summed E-state index contributed by atoms with van der Waals surface area (Å²) in [5, 5.41) is 9.54. The number of rotatable bonds is 3. The zero-order valence-electron chi connectivity index (χ0n) is 6.53. The Morgan fingerprint density at radius 3 is 2.91 bits per heavy atom. The number of furan rings is 1. The van der Waals surface area contributed by atoms with E-state index in [0.717, 1.165) is 5.56 Å². The maximum atomic E-state index is 9.54. The second-order valence-corrected chi connectivity index (χ2v) is 2.71. The van der Waals surface area contributed by atoms with Crippen LogP contribution in [0.1, 0.15) is 18.6 Å². The van der Waals surface area contributed by atoms with Crippen molar-refractivity contribution in [3.05, 3.63) is 24.2 Å². The van der Waals surface area contributed by atoms with Crippen molar-refractivity contribution >= 4 is 0 Å². The van der Waals surface area contributed by atoms with Crippen LogP contribution in [0.3, 0.4) is 0 Å². The Morgan fingerprint density at radius 1 is 1.73 bits per heavy atom. The molecular weight excluding hydrogens is 142 g/mol. The van der Waals surface area contributed by atoms with E-state index in [1.165, 1.54) is 6.26 Å². The highest BCUT2D eigenvalue weighted by atomic mass is 16.3. The minimum absolute atomic E-state index is 0.0765. The first-order valence-electron chi connectivity index (χ1n) is 3.66. The smallest absolute Gasteiger partial charge is 0.0960 e. The van der Waals surface area contributed by atoms with Crippen LogP contribution in [0.25, 0.3) is 0 Å². The summed E-state index contributed by atoms with van der Waals surface area (Å²) in [6, 6.07) is 1.75. The van der Waals surface area contributed by atoms with Gasteiger partial charge in [0, 0.05) is 5.56 Å². The third-order valence-corrected chi connectivity index (χ3v) is 1.80. The lowest BCUT2D eigenvalue weighted by Crippen LogP contribution is -2.18. The largest absolute Gasteiger partial charge is 0.472 e. The minimum Gasteiger partial charge on any atom is -0.472 e. The topological polar surface area (TPSA) is 59.4 Å². The van der Waals surface area contributed by atoms with E-state index in [2.05, 4.69) is 0 Å². The Bertz CT molecular complexity index is 196. The van der Waals surface area contributed by atoms with E-state index in [4.69, 9.17) is 10.2 Å². The number of hydrogen-bond acceptors (Lipinski definition) is 3. The van der Waals surface area contributed by atoms with Crippen LogP contribution < -0.4 is 5.73 Å². The molecule has 0 aliphatic rings. The highest BCUT2D eigenvalue weighted by Crippen LogP contribution is 2.20. The predicted octanol–water partition coefficient (Wildman–Crippen LogP) is 0.908. The van der Waals surface area contributed by atoms with Crippen LogP contribution in [0.15, 0.2) is 23.0 Å². The third-order valence-electron chi connectivity index (χ3n) is 1.80. The monoisotopic (exact) mass is 155 g/mol. The standard InChI is InChI=1S/C8H13NO2/c1-6(4-9)8(10)7-2-3-11-5-7/h2-3,5-6,8,10H,4,9H2,1H3. The molecule has 2 unspecified atom stereocenters. The molecule has 0 radical (unpaired) electrons. The van der Waals surface area contributed by atoms with Crippen LogP contribution in [0, 0.1) is 5.92 Å². The van der Waals surface area contributed by atoms with Crippen LogP contribution in [0.4, 0.5) is 0 Å². The average Bonchev–Trinajstić information content (AvgIpc) is 2.53. The Labute approximate surface area is 65.8 Å². The molecule has 0 fully saturated rings. The number of aliphatic hydroxyl groups excluding tert-OH is 1. The first kappa shape index (κ1) is 8.30. The average molecular weight is 155 g/mol. The number of nitrogens with two attached hydrogens (primary N) is 1. The van der Waals surface area contributed by atoms with Gasteiger partial charge in [-0.15, -0.1) is 0 Å². The van der Waals surface area contributed by atoms with E-state index >= 15 is 0 Å². The lowest BCUT2D eigenvalue weighted by molar-refractivity contribution is 0.121. The van der Waals surface area contributed by atoms with Crippen molar-refractivity contribution in [2.24, 2.45) is 11.7 Å². The van der Waals surface area contributed by atoms with E-state index in [0.29, 0.717) is 6.54 Å². The molecule has 0 aromatic carbocycles. The first-order valence-corrected chi connectivity index (χ1v) is 3.66. The maximum absolute atomic E-state index is 9.54. The maximum Gasteiger partial charge on any atom is 0.0960 e. The molecule has 1 rings (SSSR count). The van der Waals surface area contributed by atoms with E-state index < -0.39 is 6.10 Å². The lowest BCUT2D eigenvalue weighted by atomic mass is 10.0. The van der Waals surface area contributed by atoms with Crippen molar-refractivity contribution < 1.29 is 9.52 Å². The molecule has 3 nitrogen and oxygen atoms in total. The van der Waals surface area contributed by atoms with E-state index in [9.17, 15) is 5.11 Å². The Balaban J connectivity index is 2.62. The molecule has 0 aliphatic carbocycles. The van der Waals surface area contributed by atoms with Gasteiger partial charge < -0.3 is 15.3 Å². The molecule has 0 bridgehead atoms. The van der Waals surface area contributed by atoms with Gasteiger partial charge in [-0.2, -0.15) is 0 Å². The van der Waals surface area contributed by atoms with E-state index in [1.54, 1.807) is 12.3 Å². The summed E-state index contributed by atoms with van der Waals surface area (Å²) in [7, 11) is 0. The van der Waals surface area contributed by atoms with Gasteiger partial charge >= 0.3 is 0 Å². The van der Waals surface area contributed by atoms with Crippen molar-refractivity contribution in [2.45, 2.75) is 13.0 Å². The zero-order chi connectivity index (χ0) is 8.27. The van der Waals surface area contributed by atoms with E-state index in [1.807, 2.05) is 6.92 Å². The van der Waals surface area contributed by atoms with Crippen LogP contribution in [-0.4, -0.2) is 11.7 Å². The van der Waals surface area contributed by atoms with Gasteiger partial charge in [0.05, 0.1) is 18.6 Å². The third kappa shape index (κ3) is 1.82. The predicted molar refractivity (Wildman–Crippen MR) is 41.9 cm³/mol. The summed E-state index contributed by atoms with van der Waals surface area (Å²) in [5.41, 5.74) is 6.18. The van der Waals surface area contributed by atoms with Gasteiger partial charge in [0.15, 0.2) is 0 Å². The molecule has 1 aromatic heterocycles. The van der Waals surface area contributed by atoms with Gasteiger partial charge in [-0.3, -0.25) is 0 Å². The molecule has 3 heteroatoms. The molecular formula is C8H13NO2. The second-order valence-electron chi connectivity index (χ2n) is 2.71. The molecule has 1 heterocycles. The highest BCUT2D eigenvalue weighted by Gasteiger charge is 2.15. The highest BCUT2D eigenvalue weighted by molar-refractivity contribution is 5.09. The van der Waals surface area contributed by atoms with Gasteiger partial charge in [0.25, 0.3) is 0 Å². The molecule has 11 heavy (non-hydrogen) atoms. The molecule has 0 saturated heterocycles. The number of aliphatic hydroxyl groups is 1. The Kier molecular flexibility index (Phi) is 2.68. The summed E-state index contributed by atoms with van der Waals surface area (Å²) in [5.74, 6) is 0.0765. The Morgan fingerprint density at radius 2 is 2.45 bits per heavy atom. The molecule has 62 valence electrons. The second kappa shape index (κ2) is 3.55. The summed E-state index contributed by atoms with van der Waals surface area (Å²) < 4.78 is 4.83. The van der Waals surface area contributed by atoms with Crippen LogP contribution in [0.2, 0.25) is 0 Å². The molecule has 0 amide bonds. The zero-order valence-corrected chi connectivity index (χ0v) is 6.53. The summed E-state index contributed by atoms with van der Waals surface area (Å²) >= 11 is 0. The van der Waals surface area contributed by atoms with Gasteiger partial charge in [0.2, 0.25) is 0 Å². The van der Waals surface area contributed by atoms with Crippen LogP contribution >= 0.6 is 0 Å². The fraction of sp³-hybridized carbons (Fsp3) is 0.500. The molecule has 0 aliphatic heterocycles. The van der Waals surface area contributed by atoms with Gasteiger partial charge in [0.1, 0.15) is 0 Å². The van der Waals surface area contributed by atoms with Gasteiger partial charge in [-0.05, 0) is 18.5 Å². The van der Waals surface area contributed by atoms with Crippen molar-refractivity contribution in [1.29, 1.82) is 0 Å². The van der Waals surface area contributed by atoms with Gasteiger partial charge in [-0.1, -0.05) is 6.92 Å². The van der Waals surface area contributed by atoms with Crippen molar-refractivity contribution in [3.63, 3.8) is 0 Å². The quantitative estimate of drug-likeness (QED) is 0.682. The van der Waals surface area contributed by atoms with Crippen LogP contribution in [0.5, 0.6) is 0 Å². The number of hydrogen-bond donors (Lipinski definition) is 2. The fourth-order valence-corrected chi connectivity index (χ4v) is 0.901. The molecule has 0 saturated carbocycles. The lowest BCUT2D eigenvalue weighted by Gasteiger charge is -2.14. The van der Waals surface area contributed by atoms with Crippen LogP contribution in [-0.2, 0) is 0 Å². The summed E-state index contributed by atoms with van der Waals surface area (Å²) in [6.07, 6.45) is 2.58. The summed E-state index contributed by atoms with van der Waals surface area (Å²) in [4.78, 5) is 0. The van der Waals surface area contributed by atoms with Gasteiger partial charge in [-0.25, -0.2) is 0 Å². The van der Waals surface area contributed by atoms with E-state index in [-0.39, 0.29) is 5.92 Å². The normalized spacial score (nSPS) is 16.3. The first-order chi connectivity index (χ1) is 5.25. The molecule has 1 aromatic rings. The van der Waals surface area contributed by atoms with Crippen molar-refractivity contribution in [2.75, 3.05) is 6.54 Å². The Hall–Kier alpha value is -0.800. The SMILES string of the molecule is CC(CN)C(O)c1ccoc1.